The summed E-state index contributed by atoms with van der Waals surface area (Å²) >= 11 is 0. The van der Waals surface area contributed by atoms with E-state index >= 15 is 0 Å². The second-order valence-electron chi connectivity index (χ2n) is 3.65. The molecule has 0 spiro atoms. The molecule has 0 aliphatic carbocycles. The van der Waals surface area contributed by atoms with Crippen LogP contribution in [0.25, 0.3) is 0 Å². The third kappa shape index (κ3) is 2.69. The molecule has 0 saturated heterocycles. The minimum absolute atomic E-state index is 0.127. The predicted molar refractivity (Wildman–Crippen MR) is 62.4 cm³/mol. The zero-order valence-corrected chi connectivity index (χ0v) is 9.77. The van der Waals surface area contributed by atoms with Gasteiger partial charge in [0, 0.05) is 12.6 Å². The van der Waals surface area contributed by atoms with Crippen LogP contribution in [0.3, 0.4) is 0 Å². The molecule has 0 saturated carbocycles. The first-order valence-corrected chi connectivity index (χ1v) is 5.21. The first-order chi connectivity index (χ1) is 7.57. The van der Waals surface area contributed by atoms with Gasteiger partial charge >= 0.3 is 0 Å². The number of carbonyl (C=O) groups excluding carboxylic acids is 1. The second-order valence-corrected chi connectivity index (χ2v) is 3.65. The van der Waals surface area contributed by atoms with E-state index in [-0.39, 0.29) is 17.8 Å². The highest BCUT2D eigenvalue weighted by atomic mass is 19.1. The third-order valence-electron chi connectivity index (χ3n) is 2.59. The first kappa shape index (κ1) is 12.4. The number of nitrogens with zero attached hydrogens (tertiary/aromatic N) is 1. The molecule has 1 rings (SSSR count). The molecule has 0 aliphatic heterocycles. The maximum absolute atomic E-state index is 13.5. The van der Waals surface area contributed by atoms with Crippen LogP contribution in [0.15, 0.2) is 36.4 Å². The molecule has 1 amide bonds. The van der Waals surface area contributed by atoms with E-state index in [2.05, 4.69) is 0 Å². The fraction of sp³-hybridized carbons (Fsp3) is 0.308. The number of benzene rings is 1. The molecule has 3 heteroatoms. The van der Waals surface area contributed by atoms with Gasteiger partial charge in [0.1, 0.15) is 5.82 Å². The van der Waals surface area contributed by atoms with Crippen molar-refractivity contribution in [1.82, 2.24) is 4.90 Å². The quantitative estimate of drug-likeness (QED) is 0.719. The number of allylic oxidation sites excluding steroid dienone is 1. The van der Waals surface area contributed by atoms with E-state index in [0.717, 1.165) is 0 Å². The number of hydrogen-bond acceptors (Lipinski definition) is 1. The summed E-state index contributed by atoms with van der Waals surface area (Å²) < 4.78 is 13.5. The van der Waals surface area contributed by atoms with Crippen molar-refractivity contribution in [2.75, 3.05) is 7.05 Å². The molecule has 1 unspecified atom stereocenters. The van der Waals surface area contributed by atoms with Gasteiger partial charge in [0.15, 0.2) is 0 Å². The van der Waals surface area contributed by atoms with Crippen LogP contribution in [0.2, 0.25) is 0 Å². The lowest BCUT2D eigenvalue weighted by molar-refractivity contribution is -0.126. The van der Waals surface area contributed by atoms with Crippen molar-refractivity contribution in [3.63, 3.8) is 0 Å². The van der Waals surface area contributed by atoms with Gasteiger partial charge in [0.05, 0.1) is 6.04 Å². The minimum atomic E-state index is -0.282. The van der Waals surface area contributed by atoms with Crippen molar-refractivity contribution in [2.24, 2.45) is 0 Å². The highest BCUT2D eigenvalue weighted by Crippen LogP contribution is 2.21. The number of likely N-dealkylation sites (N-methyl/N-ethyl adjacent to an activating group) is 1. The van der Waals surface area contributed by atoms with Crippen LogP contribution >= 0.6 is 0 Å². The molecule has 1 aromatic rings. The largest absolute Gasteiger partial charge is 0.335 e. The van der Waals surface area contributed by atoms with Crippen molar-refractivity contribution in [1.29, 1.82) is 0 Å². The van der Waals surface area contributed by atoms with Gasteiger partial charge in [-0.2, -0.15) is 0 Å². The summed E-state index contributed by atoms with van der Waals surface area (Å²) in [6.45, 7) is 3.58. The summed E-state index contributed by atoms with van der Waals surface area (Å²) in [5.74, 6) is -0.409. The van der Waals surface area contributed by atoms with Crippen LogP contribution < -0.4 is 0 Å². The Kier molecular flexibility index (Phi) is 4.23. The SMILES string of the molecule is CC=CC(=O)N(C)C(C)c1ccccc1F. The van der Waals surface area contributed by atoms with Crippen LogP contribution in [0.1, 0.15) is 25.5 Å². The topological polar surface area (TPSA) is 20.3 Å². The Labute approximate surface area is 95.4 Å². The van der Waals surface area contributed by atoms with E-state index in [9.17, 15) is 9.18 Å². The van der Waals surface area contributed by atoms with Crippen molar-refractivity contribution >= 4 is 5.91 Å². The van der Waals surface area contributed by atoms with Gasteiger partial charge in [0.2, 0.25) is 5.91 Å². The highest BCUT2D eigenvalue weighted by Gasteiger charge is 2.17. The number of rotatable bonds is 3. The fourth-order valence-corrected chi connectivity index (χ4v) is 1.47. The van der Waals surface area contributed by atoms with Crippen molar-refractivity contribution < 1.29 is 9.18 Å². The van der Waals surface area contributed by atoms with E-state index in [1.807, 2.05) is 0 Å². The fourth-order valence-electron chi connectivity index (χ4n) is 1.47. The Balaban J connectivity index is 2.90. The molecular formula is C13H16FNO. The molecule has 0 fully saturated rings. The lowest BCUT2D eigenvalue weighted by atomic mass is 10.1. The van der Waals surface area contributed by atoms with Gasteiger partial charge in [-0.25, -0.2) is 4.39 Å². The number of amides is 1. The van der Waals surface area contributed by atoms with Gasteiger partial charge in [-0.3, -0.25) is 4.79 Å². The standard InChI is InChI=1S/C13H16FNO/c1-4-7-13(16)15(3)10(2)11-8-5-6-9-12(11)14/h4-10H,1-3H3. The summed E-state index contributed by atoms with van der Waals surface area (Å²) in [6.07, 6.45) is 3.14. The van der Waals surface area contributed by atoms with Gasteiger partial charge in [0.25, 0.3) is 0 Å². The molecule has 0 aromatic heterocycles. The summed E-state index contributed by atoms with van der Waals surface area (Å²) in [6, 6.07) is 6.23. The Morgan fingerprint density at radius 3 is 2.62 bits per heavy atom. The molecule has 2 nitrogen and oxygen atoms in total. The highest BCUT2D eigenvalue weighted by molar-refractivity contribution is 5.87. The van der Waals surface area contributed by atoms with Gasteiger partial charge < -0.3 is 4.90 Å². The van der Waals surface area contributed by atoms with E-state index in [1.165, 1.54) is 17.0 Å². The van der Waals surface area contributed by atoms with Crippen LogP contribution in [-0.4, -0.2) is 17.9 Å². The van der Waals surface area contributed by atoms with Crippen molar-refractivity contribution in [3.8, 4) is 0 Å². The molecular weight excluding hydrogens is 205 g/mol. The Morgan fingerprint density at radius 1 is 1.44 bits per heavy atom. The summed E-state index contributed by atoms with van der Waals surface area (Å²) in [4.78, 5) is 13.1. The van der Waals surface area contributed by atoms with Crippen LogP contribution in [-0.2, 0) is 4.79 Å². The molecule has 1 atom stereocenters. The predicted octanol–water partition coefficient (Wildman–Crippen LogP) is 2.92. The van der Waals surface area contributed by atoms with E-state index < -0.39 is 0 Å². The van der Waals surface area contributed by atoms with Crippen LogP contribution in [0.5, 0.6) is 0 Å². The van der Waals surface area contributed by atoms with E-state index in [1.54, 1.807) is 45.2 Å². The molecule has 0 heterocycles. The minimum Gasteiger partial charge on any atom is -0.335 e. The lowest BCUT2D eigenvalue weighted by Crippen LogP contribution is -2.28. The zero-order valence-electron chi connectivity index (χ0n) is 9.77. The van der Waals surface area contributed by atoms with Crippen LogP contribution in [0.4, 0.5) is 4.39 Å². The molecule has 1 aromatic carbocycles. The Morgan fingerprint density at radius 2 is 2.06 bits per heavy atom. The third-order valence-corrected chi connectivity index (χ3v) is 2.59. The molecule has 16 heavy (non-hydrogen) atoms. The second kappa shape index (κ2) is 5.45. The molecule has 86 valence electrons. The van der Waals surface area contributed by atoms with E-state index in [4.69, 9.17) is 0 Å². The maximum Gasteiger partial charge on any atom is 0.246 e. The molecule has 0 radical (unpaired) electrons. The van der Waals surface area contributed by atoms with Gasteiger partial charge in [-0.15, -0.1) is 0 Å². The van der Waals surface area contributed by atoms with Crippen molar-refractivity contribution in [3.05, 3.63) is 47.8 Å². The molecule has 0 N–H and O–H groups in total. The average molecular weight is 221 g/mol. The summed E-state index contributed by atoms with van der Waals surface area (Å²) in [5, 5.41) is 0. The monoisotopic (exact) mass is 221 g/mol. The van der Waals surface area contributed by atoms with Crippen LogP contribution in [0, 0.1) is 5.82 Å². The summed E-state index contributed by atoms with van der Waals surface area (Å²) in [7, 11) is 1.67. The smallest absolute Gasteiger partial charge is 0.246 e. The number of halogens is 1. The Hall–Kier alpha value is -1.64. The van der Waals surface area contributed by atoms with Gasteiger partial charge in [-0.05, 0) is 26.0 Å². The normalized spacial score (nSPS) is 12.8. The van der Waals surface area contributed by atoms with Gasteiger partial charge in [-0.1, -0.05) is 24.3 Å². The molecule has 0 aliphatic rings. The maximum atomic E-state index is 13.5. The number of carbonyl (C=O) groups is 1. The zero-order chi connectivity index (χ0) is 12.1. The summed E-state index contributed by atoms with van der Waals surface area (Å²) in [5.41, 5.74) is 0.530. The van der Waals surface area contributed by atoms with E-state index in [0.29, 0.717) is 5.56 Å². The Bertz CT molecular complexity index is 401. The lowest BCUT2D eigenvalue weighted by Gasteiger charge is -2.24. The number of hydrogen-bond donors (Lipinski definition) is 0. The first-order valence-electron chi connectivity index (χ1n) is 5.21. The average Bonchev–Trinajstić information content (AvgIpc) is 2.28. The molecule has 0 bridgehead atoms. The van der Waals surface area contributed by atoms with Crippen molar-refractivity contribution in [2.45, 2.75) is 19.9 Å².